The molecular formula is C7H6Cl2OS. The van der Waals surface area contributed by atoms with E-state index in [4.69, 9.17) is 23.2 Å². The van der Waals surface area contributed by atoms with Gasteiger partial charge >= 0.3 is 0 Å². The van der Waals surface area contributed by atoms with E-state index in [1.807, 2.05) is 0 Å². The number of hydrogen-bond donors (Lipinski definition) is 2. The van der Waals surface area contributed by atoms with Crippen LogP contribution in [0.4, 0.5) is 0 Å². The zero-order chi connectivity index (χ0) is 8.59. The van der Waals surface area contributed by atoms with Gasteiger partial charge in [-0.3, -0.25) is 0 Å². The molecule has 0 atom stereocenters. The molecule has 60 valence electrons. The van der Waals surface area contributed by atoms with Crippen LogP contribution in [0, 0.1) is 6.92 Å². The first kappa shape index (κ1) is 9.04. The van der Waals surface area contributed by atoms with Crippen LogP contribution in [0.1, 0.15) is 5.56 Å². The van der Waals surface area contributed by atoms with E-state index in [0.29, 0.717) is 20.5 Å². The first-order valence-corrected chi connectivity index (χ1v) is 4.11. The van der Waals surface area contributed by atoms with Crippen molar-refractivity contribution in [3.05, 3.63) is 21.7 Å². The minimum Gasteiger partial charge on any atom is -0.506 e. The summed E-state index contributed by atoms with van der Waals surface area (Å²) in [4.78, 5) is 0.442. The summed E-state index contributed by atoms with van der Waals surface area (Å²) >= 11 is 15.4. The van der Waals surface area contributed by atoms with Crippen LogP contribution in [0.2, 0.25) is 10.0 Å². The maximum absolute atomic E-state index is 9.29. The largest absolute Gasteiger partial charge is 0.506 e. The molecule has 0 spiro atoms. The number of thiol groups is 1. The Morgan fingerprint density at radius 2 is 2.00 bits per heavy atom. The van der Waals surface area contributed by atoms with Crippen LogP contribution < -0.4 is 0 Å². The van der Waals surface area contributed by atoms with Crippen LogP contribution in [-0.2, 0) is 0 Å². The van der Waals surface area contributed by atoms with Gasteiger partial charge in [-0.05, 0) is 13.0 Å². The van der Waals surface area contributed by atoms with Crippen molar-refractivity contribution in [2.24, 2.45) is 0 Å². The number of halogens is 2. The summed E-state index contributed by atoms with van der Waals surface area (Å²) in [5.74, 6) is 0.0859. The highest BCUT2D eigenvalue weighted by atomic mass is 35.5. The molecule has 1 aromatic rings. The molecule has 0 aliphatic rings. The Balaban J connectivity index is 3.46. The summed E-state index contributed by atoms with van der Waals surface area (Å²) < 4.78 is 0. The van der Waals surface area contributed by atoms with Gasteiger partial charge in [0.15, 0.2) is 0 Å². The molecule has 0 saturated carbocycles. The van der Waals surface area contributed by atoms with Crippen LogP contribution in [-0.4, -0.2) is 5.11 Å². The van der Waals surface area contributed by atoms with Crippen molar-refractivity contribution in [1.29, 1.82) is 0 Å². The second-order valence-corrected chi connectivity index (χ2v) is 3.43. The van der Waals surface area contributed by atoms with Crippen LogP contribution in [0.25, 0.3) is 0 Å². The summed E-state index contributed by atoms with van der Waals surface area (Å²) in [6, 6.07) is 1.51. The summed E-state index contributed by atoms with van der Waals surface area (Å²) in [6.45, 7) is 1.68. The van der Waals surface area contributed by atoms with Gasteiger partial charge in [-0.2, -0.15) is 0 Å². The summed E-state index contributed by atoms with van der Waals surface area (Å²) in [5, 5.41) is 10.1. The molecule has 11 heavy (non-hydrogen) atoms. The topological polar surface area (TPSA) is 20.2 Å². The van der Waals surface area contributed by atoms with Crippen molar-refractivity contribution in [3.63, 3.8) is 0 Å². The Morgan fingerprint density at radius 3 is 2.55 bits per heavy atom. The number of phenols is 1. The van der Waals surface area contributed by atoms with Crippen LogP contribution in [0.15, 0.2) is 11.0 Å². The van der Waals surface area contributed by atoms with Crippen molar-refractivity contribution in [1.82, 2.24) is 0 Å². The van der Waals surface area contributed by atoms with Gasteiger partial charge in [0, 0.05) is 10.5 Å². The zero-order valence-corrected chi connectivity index (χ0v) is 8.13. The van der Waals surface area contributed by atoms with Gasteiger partial charge in [0.1, 0.15) is 5.75 Å². The second kappa shape index (κ2) is 3.13. The molecule has 0 aliphatic carbocycles. The highest BCUT2D eigenvalue weighted by Gasteiger charge is 2.08. The summed E-state index contributed by atoms with van der Waals surface area (Å²) in [7, 11) is 0. The molecule has 0 fully saturated rings. The molecule has 0 saturated heterocycles. The molecule has 0 bridgehead atoms. The minimum atomic E-state index is 0.0859. The molecule has 0 unspecified atom stereocenters. The normalized spacial score (nSPS) is 10.2. The molecule has 0 radical (unpaired) electrons. The van der Waals surface area contributed by atoms with E-state index in [2.05, 4.69) is 12.6 Å². The van der Waals surface area contributed by atoms with Gasteiger partial charge in [0.05, 0.1) is 10.0 Å². The van der Waals surface area contributed by atoms with E-state index >= 15 is 0 Å². The molecule has 1 N–H and O–H groups in total. The maximum Gasteiger partial charge on any atom is 0.133 e. The van der Waals surface area contributed by atoms with Crippen molar-refractivity contribution in [2.45, 2.75) is 11.8 Å². The lowest BCUT2D eigenvalue weighted by Gasteiger charge is -2.05. The maximum atomic E-state index is 9.29. The van der Waals surface area contributed by atoms with E-state index in [0.717, 1.165) is 0 Å². The quantitative estimate of drug-likeness (QED) is 0.628. The fourth-order valence-electron chi connectivity index (χ4n) is 0.727. The first-order valence-electron chi connectivity index (χ1n) is 2.90. The van der Waals surface area contributed by atoms with Gasteiger partial charge in [0.25, 0.3) is 0 Å². The minimum absolute atomic E-state index is 0.0859. The average molecular weight is 209 g/mol. The van der Waals surface area contributed by atoms with Crippen LogP contribution >= 0.6 is 35.8 Å². The zero-order valence-electron chi connectivity index (χ0n) is 5.73. The highest BCUT2D eigenvalue weighted by Crippen LogP contribution is 2.36. The fraction of sp³-hybridized carbons (Fsp3) is 0.143. The summed E-state index contributed by atoms with van der Waals surface area (Å²) in [6.07, 6.45) is 0. The van der Waals surface area contributed by atoms with E-state index < -0.39 is 0 Å². The number of hydrogen-bond acceptors (Lipinski definition) is 2. The predicted octanol–water partition coefficient (Wildman–Crippen LogP) is 3.30. The monoisotopic (exact) mass is 208 g/mol. The first-order chi connectivity index (χ1) is 5.04. The third-order valence-corrected chi connectivity index (χ3v) is 2.62. The Bertz CT molecular complexity index is 273. The number of benzene rings is 1. The lowest BCUT2D eigenvalue weighted by Crippen LogP contribution is -1.80. The highest BCUT2D eigenvalue weighted by molar-refractivity contribution is 7.80. The lowest BCUT2D eigenvalue weighted by atomic mass is 10.2. The van der Waals surface area contributed by atoms with E-state index in [1.54, 1.807) is 6.92 Å². The summed E-state index contributed by atoms with van der Waals surface area (Å²) in [5.41, 5.74) is 0.559. The van der Waals surface area contributed by atoms with Crippen LogP contribution in [0.5, 0.6) is 5.75 Å². The molecule has 0 aliphatic heterocycles. The lowest BCUT2D eigenvalue weighted by molar-refractivity contribution is 0.458. The third kappa shape index (κ3) is 1.58. The van der Waals surface area contributed by atoms with Gasteiger partial charge in [-0.1, -0.05) is 23.2 Å². The Labute approximate surface area is 80.4 Å². The Morgan fingerprint density at radius 1 is 1.45 bits per heavy atom. The second-order valence-electron chi connectivity index (χ2n) is 2.17. The third-order valence-electron chi connectivity index (χ3n) is 1.40. The smallest absolute Gasteiger partial charge is 0.133 e. The number of aromatic hydroxyl groups is 1. The Hall–Kier alpha value is -0.0500. The fourth-order valence-corrected chi connectivity index (χ4v) is 1.49. The van der Waals surface area contributed by atoms with Crippen molar-refractivity contribution < 1.29 is 5.11 Å². The van der Waals surface area contributed by atoms with Gasteiger partial charge in [-0.15, -0.1) is 12.6 Å². The van der Waals surface area contributed by atoms with E-state index in [-0.39, 0.29) is 5.75 Å². The van der Waals surface area contributed by atoms with Crippen molar-refractivity contribution >= 4 is 35.8 Å². The Kier molecular flexibility index (Phi) is 2.58. The van der Waals surface area contributed by atoms with Gasteiger partial charge < -0.3 is 5.11 Å². The molecule has 1 rings (SSSR count). The van der Waals surface area contributed by atoms with Crippen molar-refractivity contribution in [3.8, 4) is 5.75 Å². The predicted molar refractivity (Wildman–Crippen MR) is 50.1 cm³/mol. The van der Waals surface area contributed by atoms with Gasteiger partial charge in [0.2, 0.25) is 0 Å². The standard InChI is InChI=1S/C7H6Cl2OS/c1-3-6(9)4(8)2-5(11)7(3)10/h2,10-11H,1H3. The van der Waals surface area contributed by atoms with E-state index in [9.17, 15) is 5.11 Å². The van der Waals surface area contributed by atoms with E-state index in [1.165, 1.54) is 6.07 Å². The number of phenolic OH excluding ortho intramolecular Hbond substituents is 1. The van der Waals surface area contributed by atoms with Crippen molar-refractivity contribution in [2.75, 3.05) is 0 Å². The van der Waals surface area contributed by atoms with Crippen LogP contribution in [0.3, 0.4) is 0 Å². The molecule has 0 heterocycles. The molecule has 0 amide bonds. The molecule has 1 aromatic carbocycles. The molecule has 0 aromatic heterocycles. The molecular weight excluding hydrogens is 203 g/mol. The molecule has 1 nitrogen and oxygen atoms in total. The average Bonchev–Trinajstić information content (AvgIpc) is 1.97. The SMILES string of the molecule is Cc1c(O)c(S)cc(Cl)c1Cl. The van der Waals surface area contributed by atoms with Gasteiger partial charge in [-0.25, -0.2) is 0 Å². The molecule has 4 heteroatoms. The number of rotatable bonds is 0.